The Morgan fingerprint density at radius 1 is 1.32 bits per heavy atom. The third-order valence-electron chi connectivity index (χ3n) is 3.26. The number of esters is 1. The first kappa shape index (κ1) is 15.5. The fraction of sp³-hybridized carbons (Fsp3) is 0.235. The first-order chi connectivity index (χ1) is 10.6. The van der Waals surface area contributed by atoms with Crippen LogP contribution in [0, 0.1) is 18.8 Å². The Balaban J connectivity index is 2.51. The number of ether oxygens (including phenoxy) is 1. The molecule has 0 aliphatic rings. The van der Waals surface area contributed by atoms with Crippen molar-refractivity contribution in [3.63, 3.8) is 0 Å². The lowest BCUT2D eigenvalue weighted by Gasteiger charge is -2.09. The summed E-state index contributed by atoms with van der Waals surface area (Å²) in [4.78, 5) is 23.1. The van der Waals surface area contributed by atoms with E-state index in [1.807, 2.05) is 30.3 Å². The molecule has 5 heteroatoms. The third kappa shape index (κ3) is 3.07. The highest BCUT2D eigenvalue weighted by atomic mass is 16.5. The number of hydrogen-bond donors (Lipinski definition) is 0. The van der Waals surface area contributed by atoms with Crippen LogP contribution in [0.15, 0.2) is 30.3 Å². The molecule has 0 spiro atoms. The smallest absolute Gasteiger partial charge is 0.322 e. The van der Waals surface area contributed by atoms with Gasteiger partial charge in [-0.05, 0) is 19.1 Å². The molecule has 5 nitrogen and oxygen atoms in total. The molecule has 0 fully saturated rings. The lowest BCUT2D eigenvalue weighted by atomic mass is 10.0. The minimum atomic E-state index is -1.03. The Morgan fingerprint density at radius 3 is 2.59 bits per heavy atom. The highest BCUT2D eigenvalue weighted by Gasteiger charge is 2.28. The van der Waals surface area contributed by atoms with Crippen LogP contribution in [-0.2, 0) is 21.4 Å². The van der Waals surface area contributed by atoms with E-state index >= 15 is 0 Å². The zero-order chi connectivity index (χ0) is 16.1. The molecule has 0 bridgehead atoms. The number of carbonyl (C=O) groups excluding carboxylic acids is 2. The Kier molecular flexibility index (Phi) is 4.74. The van der Waals surface area contributed by atoms with Gasteiger partial charge in [-0.2, -0.15) is 5.10 Å². The van der Waals surface area contributed by atoms with Gasteiger partial charge >= 0.3 is 5.97 Å². The maximum atomic E-state index is 11.8. The second-order valence-electron chi connectivity index (χ2n) is 4.72. The van der Waals surface area contributed by atoms with Gasteiger partial charge in [0.15, 0.2) is 5.92 Å². The number of rotatable bonds is 3. The van der Waals surface area contributed by atoms with Crippen molar-refractivity contribution in [1.82, 2.24) is 9.78 Å². The average Bonchev–Trinajstić information content (AvgIpc) is 2.81. The first-order valence-electron chi connectivity index (χ1n) is 6.72. The number of hydrogen-bond acceptors (Lipinski definition) is 4. The van der Waals surface area contributed by atoms with Crippen molar-refractivity contribution in [3.05, 3.63) is 52.8 Å². The van der Waals surface area contributed by atoms with E-state index in [1.165, 1.54) is 11.8 Å². The molecule has 2 aromatic rings. The number of benzene rings is 1. The largest absolute Gasteiger partial charge is 0.468 e. The Morgan fingerprint density at radius 2 is 2.00 bits per heavy atom. The average molecular weight is 296 g/mol. The highest BCUT2D eigenvalue weighted by molar-refractivity contribution is 5.94. The van der Waals surface area contributed by atoms with Crippen molar-refractivity contribution in [2.45, 2.75) is 12.8 Å². The van der Waals surface area contributed by atoms with E-state index < -0.39 is 11.9 Å². The van der Waals surface area contributed by atoms with Crippen LogP contribution in [0.3, 0.4) is 0 Å². The summed E-state index contributed by atoms with van der Waals surface area (Å²) in [6.07, 6.45) is 0.552. The van der Waals surface area contributed by atoms with E-state index in [4.69, 9.17) is 0 Å². The topological polar surface area (TPSA) is 61.2 Å². The monoisotopic (exact) mass is 296 g/mol. The van der Waals surface area contributed by atoms with E-state index in [1.54, 1.807) is 14.0 Å². The van der Waals surface area contributed by atoms with Gasteiger partial charge in [-0.25, -0.2) is 0 Å². The fourth-order valence-corrected chi connectivity index (χ4v) is 2.20. The fourth-order valence-electron chi connectivity index (χ4n) is 2.20. The molecule has 1 heterocycles. The van der Waals surface area contributed by atoms with Crippen LogP contribution in [0.5, 0.6) is 0 Å². The van der Waals surface area contributed by atoms with Crippen LogP contribution in [0.2, 0.25) is 0 Å². The Hall–Kier alpha value is -2.87. The van der Waals surface area contributed by atoms with Crippen molar-refractivity contribution in [2.75, 3.05) is 7.11 Å². The minimum Gasteiger partial charge on any atom is -0.468 e. The normalized spacial score (nSPS) is 11.2. The number of aldehydes is 1. The molecule has 1 aromatic heterocycles. The molecule has 1 aromatic carbocycles. The molecule has 1 atom stereocenters. The van der Waals surface area contributed by atoms with Crippen LogP contribution in [0.4, 0.5) is 0 Å². The summed E-state index contributed by atoms with van der Waals surface area (Å²) in [6.45, 7) is 1.79. The van der Waals surface area contributed by atoms with Crippen molar-refractivity contribution in [2.24, 2.45) is 7.05 Å². The zero-order valence-electron chi connectivity index (χ0n) is 12.7. The van der Waals surface area contributed by atoms with Crippen molar-refractivity contribution in [1.29, 1.82) is 0 Å². The summed E-state index contributed by atoms with van der Waals surface area (Å²) in [5.74, 6) is 4.38. The Bertz CT molecular complexity index is 751. The van der Waals surface area contributed by atoms with Crippen LogP contribution in [0.1, 0.15) is 28.4 Å². The predicted octanol–water partition coefficient (Wildman–Crippen LogP) is 1.58. The molecular formula is C17H16N2O3. The Labute approximate surface area is 128 Å². The van der Waals surface area contributed by atoms with Gasteiger partial charge in [0, 0.05) is 12.6 Å². The molecule has 0 aliphatic heterocycles. The number of aromatic nitrogens is 2. The second kappa shape index (κ2) is 6.72. The molecule has 1 unspecified atom stereocenters. The van der Waals surface area contributed by atoms with Crippen LogP contribution in [0.25, 0.3) is 0 Å². The molecule has 112 valence electrons. The van der Waals surface area contributed by atoms with Gasteiger partial charge in [-0.3, -0.25) is 9.48 Å². The van der Waals surface area contributed by atoms with Gasteiger partial charge in [0.25, 0.3) is 0 Å². The van der Waals surface area contributed by atoms with Gasteiger partial charge < -0.3 is 9.53 Å². The van der Waals surface area contributed by atoms with Crippen molar-refractivity contribution >= 4 is 12.3 Å². The molecule has 22 heavy (non-hydrogen) atoms. The minimum absolute atomic E-state index is 0.447. The zero-order valence-corrected chi connectivity index (χ0v) is 12.7. The molecule has 2 rings (SSSR count). The summed E-state index contributed by atoms with van der Waals surface area (Å²) < 4.78 is 6.18. The van der Waals surface area contributed by atoms with Gasteiger partial charge in [0.2, 0.25) is 0 Å². The molecule has 0 saturated heterocycles. The van der Waals surface area contributed by atoms with Crippen molar-refractivity contribution < 1.29 is 14.3 Å². The van der Waals surface area contributed by atoms with Gasteiger partial charge in [-0.15, -0.1) is 0 Å². The molecular weight excluding hydrogens is 280 g/mol. The first-order valence-corrected chi connectivity index (χ1v) is 6.72. The predicted molar refractivity (Wildman–Crippen MR) is 81.2 cm³/mol. The van der Waals surface area contributed by atoms with Crippen LogP contribution in [-0.4, -0.2) is 29.1 Å². The maximum absolute atomic E-state index is 11.8. The quantitative estimate of drug-likeness (QED) is 0.373. The lowest BCUT2D eigenvalue weighted by molar-refractivity contribution is -0.143. The lowest BCUT2D eigenvalue weighted by Crippen LogP contribution is -2.19. The van der Waals surface area contributed by atoms with Crippen molar-refractivity contribution in [3.8, 4) is 11.8 Å². The van der Waals surface area contributed by atoms with Crippen LogP contribution >= 0.6 is 0 Å². The molecule has 0 aliphatic carbocycles. The van der Waals surface area contributed by atoms with E-state index in [9.17, 15) is 9.59 Å². The number of nitrogens with zero attached hydrogens (tertiary/aromatic N) is 2. The van der Waals surface area contributed by atoms with E-state index in [0.29, 0.717) is 23.2 Å². The molecule has 0 N–H and O–H groups in total. The summed E-state index contributed by atoms with van der Waals surface area (Å²) >= 11 is 0. The van der Waals surface area contributed by atoms with Crippen LogP contribution < -0.4 is 0 Å². The standard InChI is InChI=1S/C17H16N2O3/c1-12-14(10-9-13-7-5-4-6-8-13)16(19(2)18-12)15(11-20)17(21)22-3/h4-8,11,15H,1-3H3. The molecule has 0 amide bonds. The maximum Gasteiger partial charge on any atom is 0.322 e. The summed E-state index contributed by atoms with van der Waals surface area (Å²) in [5, 5.41) is 4.26. The second-order valence-corrected chi connectivity index (χ2v) is 4.72. The van der Waals surface area contributed by atoms with E-state index in [2.05, 4.69) is 21.7 Å². The number of aryl methyl sites for hydroxylation is 2. The van der Waals surface area contributed by atoms with E-state index in [0.717, 1.165) is 5.56 Å². The highest BCUT2D eigenvalue weighted by Crippen LogP contribution is 2.21. The third-order valence-corrected chi connectivity index (χ3v) is 3.26. The summed E-state index contributed by atoms with van der Waals surface area (Å²) in [7, 11) is 2.92. The summed E-state index contributed by atoms with van der Waals surface area (Å²) in [6, 6.07) is 9.46. The summed E-state index contributed by atoms with van der Waals surface area (Å²) in [5.41, 5.74) is 2.53. The van der Waals surface area contributed by atoms with Gasteiger partial charge in [-0.1, -0.05) is 30.0 Å². The molecule has 0 radical (unpaired) electrons. The number of carbonyl (C=O) groups is 2. The molecule has 0 saturated carbocycles. The SMILES string of the molecule is COC(=O)C(C=O)c1c(C#Cc2ccccc2)c(C)nn1C. The number of methoxy groups -OCH3 is 1. The van der Waals surface area contributed by atoms with Gasteiger partial charge in [0.05, 0.1) is 24.1 Å². The van der Waals surface area contributed by atoms with Gasteiger partial charge in [0.1, 0.15) is 6.29 Å². The van der Waals surface area contributed by atoms with E-state index in [-0.39, 0.29) is 0 Å².